The Bertz CT molecular complexity index is 479. The molecule has 20 heavy (non-hydrogen) atoms. The van der Waals surface area contributed by atoms with Crippen LogP contribution in [0.4, 0.5) is 0 Å². The van der Waals surface area contributed by atoms with Crippen molar-refractivity contribution in [2.24, 2.45) is 0 Å². The lowest BCUT2D eigenvalue weighted by Gasteiger charge is -2.12. The molecular weight excluding hydrogens is 254 g/mol. The van der Waals surface area contributed by atoms with Crippen LogP contribution < -0.4 is 5.32 Å². The van der Waals surface area contributed by atoms with Gasteiger partial charge < -0.3 is 9.73 Å². The standard InChI is InChI=1S/C14H23N5O/c1-3-4-5-7-12(2)15-9-10-19-17-14(16-18-19)13-8-6-11-20-13/h6,8,11-12,15H,3-5,7,9-10H2,1-2H3. The average molecular weight is 277 g/mol. The van der Waals surface area contributed by atoms with Crippen LogP contribution >= 0.6 is 0 Å². The monoisotopic (exact) mass is 277 g/mol. The van der Waals surface area contributed by atoms with Gasteiger partial charge in [0.05, 0.1) is 12.8 Å². The smallest absolute Gasteiger partial charge is 0.240 e. The van der Waals surface area contributed by atoms with E-state index in [4.69, 9.17) is 4.42 Å². The Balaban J connectivity index is 1.69. The first-order chi connectivity index (χ1) is 9.79. The molecular formula is C14H23N5O. The molecule has 1 atom stereocenters. The zero-order chi connectivity index (χ0) is 14.2. The highest BCUT2D eigenvalue weighted by atomic mass is 16.3. The predicted octanol–water partition coefficient (Wildman–Crippen LogP) is 2.49. The summed E-state index contributed by atoms with van der Waals surface area (Å²) in [5.41, 5.74) is 0. The molecule has 0 spiro atoms. The van der Waals surface area contributed by atoms with Crippen molar-refractivity contribution in [3.8, 4) is 11.6 Å². The molecule has 0 aliphatic heterocycles. The third-order valence-corrected chi connectivity index (χ3v) is 3.24. The van der Waals surface area contributed by atoms with Crippen LogP contribution in [0.15, 0.2) is 22.8 Å². The molecule has 1 unspecified atom stereocenters. The van der Waals surface area contributed by atoms with Crippen LogP contribution in [0, 0.1) is 0 Å². The second-order valence-corrected chi connectivity index (χ2v) is 5.04. The average Bonchev–Trinajstić information content (AvgIpc) is 3.09. The molecule has 6 heteroatoms. The van der Waals surface area contributed by atoms with Crippen LogP contribution in [-0.4, -0.2) is 32.8 Å². The number of tetrazole rings is 1. The van der Waals surface area contributed by atoms with Gasteiger partial charge in [-0.1, -0.05) is 26.2 Å². The van der Waals surface area contributed by atoms with Gasteiger partial charge in [0, 0.05) is 12.6 Å². The largest absolute Gasteiger partial charge is 0.461 e. The Morgan fingerprint density at radius 2 is 2.30 bits per heavy atom. The maximum Gasteiger partial charge on any atom is 0.240 e. The summed E-state index contributed by atoms with van der Waals surface area (Å²) >= 11 is 0. The summed E-state index contributed by atoms with van der Waals surface area (Å²) in [7, 11) is 0. The molecule has 0 saturated heterocycles. The quantitative estimate of drug-likeness (QED) is 0.713. The highest BCUT2D eigenvalue weighted by Gasteiger charge is 2.08. The lowest BCUT2D eigenvalue weighted by atomic mass is 10.1. The second kappa shape index (κ2) is 7.79. The van der Waals surface area contributed by atoms with Crippen molar-refractivity contribution in [3.05, 3.63) is 18.4 Å². The van der Waals surface area contributed by atoms with Gasteiger partial charge in [0.2, 0.25) is 5.82 Å². The van der Waals surface area contributed by atoms with Crippen LogP contribution in [0.5, 0.6) is 0 Å². The van der Waals surface area contributed by atoms with E-state index in [9.17, 15) is 0 Å². The summed E-state index contributed by atoms with van der Waals surface area (Å²) in [5, 5.41) is 15.8. The summed E-state index contributed by atoms with van der Waals surface area (Å²) < 4.78 is 5.24. The van der Waals surface area contributed by atoms with Gasteiger partial charge in [0.1, 0.15) is 0 Å². The van der Waals surface area contributed by atoms with Crippen LogP contribution in [0.25, 0.3) is 11.6 Å². The Morgan fingerprint density at radius 1 is 1.40 bits per heavy atom. The highest BCUT2D eigenvalue weighted by molar-refractivity contribution is 5.43. The van der Waals surface area contributed by atoms with Gasteiger partial charge >= 0.3 is 0 Å². The zero-order valence-electron chi connectivity index (χ0n) is 12.2. The molecule has 0 fully saturated rings. The highest BCUT2D eigenvalue weighted by Crippen LogP contribution is 2.12. The third kappa shape index (κ3) is 4.45. The zero-order valence-corrected chi connectivity index (χ0v) is 12.2. The number of rotatable bonds is 9. The van der Waals surface area contributed by atoms with Crippen LogP contribution in [0.1, 0.15) is 39.5 Å². The molecule has 0 bridgehead atoms. The Labute approximate surface area is 119 Å². The predicted molar refractivity (Wildman–Crippen MR) is 77.1 cm³/mol. The third-order valence-electron chi connectivity index (χ3n) is 3.24. The van der Waals surface area contributed by atoms with E-state index in [0.29, 0.717) is 24.2 Å². The van der Waals surface area contributed by atoms with E-state index in [-0.39, 0.29) is 0 Å². The summed E-state index contributed by atoms with van der Waals surface area (Å²) in [5.74, 6) is 1.18. The molecule has 0 amide bonds. The molecule has 110 valence electrons. The molecule has 2 heterocycles. The van der Waals surface area contributed by atoms with Crippen LogP contribution in [-0.2, 0) is 6.54 Å². The fraction of sp³-hybridized carbons (Fsp3) is 0.643. The first kappa shape index (κ1) is 14.7. The van der Waals surface area contributed by atoms with E-state index in [1.807, 2.05) is 12.1 Å². The van der Waals surface area contributed by atoms with Gasteiger partial charge in [-0.2, -0.15) is 4.80 Å². The van der Waals surface area contributed by atoms with Crippen molar-refractivity contribution < 1.29 is 4.42 Å². The molecule has 2 aromatic rings. The van der Waals surface area contributed by atoms with E-state index in [1.165, 1.54) is 25.7 Å². The van der Waals surface area contributed by atoms with Crippen LogP contribution in [0.2, 0.25) is 0 Å². The van der Waals surface area contributed by atoms with Crippen molar-refractivity contribution in [1.29, 1.82) is 0 Å². The lowest BCUT2D eigenvalue weighted by Crippen LogP contribution is -2.29. The molecule has 1 N–H and O–H groups in total. The Morgan fingerprint density at radius 3 is 3.05 bits per heavy atom. The number of aromatic nitrogens is 4. The Hall–Kier alpha value is -1.69. The topological polar surface area (TPSA) is 68.8 Å². The second-order valence-electron chi connectivity index (χ2n) is 5.04. The molecule has 2 aromatic heterocycles. The van der Waals surface area contributed by atoms with E-state index in [0.717, 1.165) is 6.54 Å². The maximum absolute atomic E-state index is 5.24. The number of nitrogens with one attached hydrogen (secondary N) is 1. The lowest BCUT2D eigenvalue weighted by molar-refractivity contribution is 0.436. The van der Waals surface area contributed by atoms with Gasteiger partial charge in [-0.25, -0.2) is 0 Å². The molecule has 6 nitrogen and oxygen atoms in total. The van der Waals surface area contributed by atoms with Crippen molar-refractivity contribution in [3.63, 3.8) is 0 Å². The van der Waals surface area contributed by atoms with Gasteiger partial charge in [-0.3, -0.25) is 0 Å². The fourth-order valence-corrected chi connectivity index (χ4v) is 2.06. The summed E-state index contributed by atoms with van der Waals surface area (Å²) in [6.45, 7) is 6.01. The molecule has 0 radical (unpaired) electrons. The molecule has 0 aromatic carbocycles. The minimum absolute atomic E-state index is 0.533. The fourth-order valence-electron chi connectivity index (χ4n) is 2.06. The SMILES string of the molecule is CCCCCC(C)NCCn1nnc(-c2ccco2)n1. The van der Waals surface area contributed by atoms with Crippen molar-refractivity contribution >= 4 is 0 Å². The molecule has 2 rings (SSSR count). The van der Waals surface area contributed by atoms with Crippen molar-refractivity contribution in [2.45, 2.75) is 52.1 Å². The van der Waals surface area contributed by atoms with Gasteiger partial charge in [-0.05, 0) is 30.7 Å². The van der Waals surface area contributed by atoms with Crippen molar-refractivity contribution in [2.75, 3.05) is 6.54 Å². The number of furan rings is 1. The number of nitrogens with zero attached hydrogens (tertiary/aromatic N) is 4. The van der Waals surface area contributed by atoms with Gasteiger partial charge in [0.15, 0.2) is 5.76 Å². The Kier molecular flexibility index (Phi) is 5.73. The van der Waals surface area contributed by atoms with Gasteiger partial charge in [0.25, 0.3) is 0 Å². The number of unbranched alkanes of at least 4 members (excludes halogenated alkanes) is 2. The minimum atomic E-state index is 0.533. The van der Waals surface area contributed by atoms with E-state index < -0.39 is 0 Å². The first-order valence-electron chi connectivity index (χ1n) is 7.34. The van der Waals surface area contributed by atoms with Crippen LogP contribution in [0.3, 0.4) is 0 Å². The minimum Gasteiger partial charge on any atom is -0.461 e. The maximum atomic E-state index is 5.24. The number of hydrogen-bond acceptors (Lipinski definition) is 5. The molecule has 0 aliphatic carbocycles. The van der Waals surface area contributed by atoms with Gasteiger partial charge in [-0.15, -0.1) is 10.2 Å². The first-order valence-corrected chi connectivity index (χ1v) is 7.34. The number of hydrogen-bond donors (Lipinski definition) is 1. The molecule has 0 aliphatic rings. The summed E-state index contributed by atoms with van der Waals surface area (Å²) in [6.07, 6.45) is 6.69. The summed E-state index contributed by atoms with van der Waals surface area (Å²) in [6, 6.07) is 4.18. The van der Waals surface area contributed by atoms with Crippen molar-refractivity contribution in [1.82, 2.24) is 25.5 Å². The van der Waals surface area contributed by atoms with E-state index >= 15 is 0 Å². The van der Waals surface area contributed by atoms with E-state index in [1.54, 1.807) is 11.1 Å². The molecule has 0 saturated carbocycles. The van der Waals surface area contributed by atoms with E-state index in [2.05, 4.69) is 34.6 Å². The normalized spacial score (nSPS) is 12.7. The summed E-state index contributed by atoms with van der Waals surface area (Å²) in [4.78, 5) is 1.60.